The Kier molecular flexibility index (Phi) is 4.84. The molecule has 1 fully saturated rings. The van der Waals surface area contributed by atoms with Crippen LogP contribution < -0.4 is 5.73 Å². The second-order valence-corrected chi connectivity index (χ2v) is 4.00. The molecule has 2 rings (SSSR count). The smallest absolute Gasteiger partial charge is 0.258 e. The van der Waals surface area contributed by atoms with Gasteiger partial charge in [0, 0.05) is 25.3 Å². The number of hydrogen-bond donors (Lipinski definition) is 1. The van der Waals surface area contributed by atoms with Gasteiger partial charge in [0.1, 0.15) is 0 Å². The van der Waals surface area contributed by atoms with E-state index in [4.69, 9.17) is 5.73 Å². The van der Waals surface area contributed by atoms with Gasteiger partial charge in [-0.1, -0.05) is 0 Å². The van der Waals surface area contributed by atoms with Crippen LogP contribution in [0.3, 0.4) is 0 Å². The molecule has 0 bridgehead atoms. The van der Waals surface area contributed by atoms with E-state index < -0.39 is 5.95 Å². The van der Waals surface area contributed by atoms with Crippen molar-refractivity contribution in [2.75, 3.05) is 13.1 Å². The third-order valence-corrected chi connectivity index (χ3v) is 2.73. The molecule has 0 aliphatic carbocycles. The van der Waals surface area contributed by atoms with Crippen LogP contribution in [0.25, 0.3) is 0 Å². The highest BCUT2D eigenvalue weighted by molar-refractivity contribution is 5.94. The summed E-state index contributed by atoms with van der Waals surface area (Å²) < 4.78 is 13.3. The van der Waals surface area contributed by atoms with E-state index in [1.807, 2.05) is 0 Å². The number of nitrogens with zero attached hydrogens (tertiary/aromatic N) is 2. The maximum Gasteiger partial charge on any atom is 0.258 e. The Morgan fingerprint density at radius 2 is 2.35 bits per heavy atom. The largest absolute Gasteiger partial charge is 0.337 e. The van der Waals surface area contributed by atoms with E-state index in [2.05, 4.69) is 4.98 Å². The first-order valence-corrected chi connectivity index (χ1v) is 5.34. The normalized spacial score (nSPS) is 19.6. The molecule has 1 aliphatic heterocycles. The molecule has 0 spiro atoms. The number of carbonyl (C=O) groups is 1. The summed E-state index contributed by atoms with van der Waals surface area (Å²) in [6.45, 7) is 1.13. The number of halogens is 2. The summed E-state index contributed by atoms with van der Waals surface area (Å²) in [7, 11) is 0. The molecular weight excluding hydrogens is 245 g/mol. The van der Waals surface area contributed by atoms with Crippen LogP contribution in [0.2, 0.25) is 0 Å². The molecule has 94 valence electrons. The van der Waals surface area contributed by atoms with Crippen molar-refractivity contribution in [1.82, 2.24) is 9.88 Å². The first kappa shape index (κ1) is 13.9. The highest BCUT2D eigenvalue weighted by Crippen LogP contribution is 2.13. The van der Waals surface area contributed by atoms with E-state index in [9.17, 15) is 9.18 Å². The summed E-state index contributed by atoms with van der Waals surface area (Å²) in [6, 6.07) is 3.00. The van der Waals surface area contributed by atoms with Crippen molar-refractivity contribution >= 4 is 18.3 Å². The van der Waals surface area contributed by atoms with Gasteiger partial charge in [-0.15, -0.1) is 12.4 Å². The van der Waals surface area contributed by atoms with Crippen LogP contribution in [-0.4, -0.2) is 34.9 Å². The summed E-state index contributed by atoms with van der Waals surface area (Å²) >= 11 is 0. The fourth-order valence-corrected chi connectivity index (χ4v) is 1.91. The minimum absolute atomic E-state index is 0. The molecule has 1 atom stereocenters. The number of aromatic nitrogens is 1. The van der Waals surface area contributed by atoms with Crippen molar-refractivity contribution in [2.45, 2.75) is 18.9 Å². The van der Waals surface area contributed by atoms with Crippen molar-refractivity contribution in [3.8, 4) is 0 Å². The molecule has 1 aromatic heterocycles. The molecule has 1 aromatic rings. The van der Waals surface area contributed by atoms with Crippen molar-refractivity contribution in [2.24, 2.45) is 5.73 Å². The lowest BCUT2D eigenvalue weighted by Gasteiger charge is -2.30. The van der Waals surface area contributed by atoms with Crippen LogP contribution in [-0.2, 0) is 0 Å². The van der Waals surface area contributed by atoms with Gasteiger partial charge in [-0.25, -0.2) is 4.98 Å². The van der Waals surface area contributed by atoms with Gasteiger partial charge in [0.15, 0.2) is 0 Å². The monoisotopic (exact) mass is 259 g/mol. The zero-order valence-electron chi connectivity index (χ0n) is 9.30. The average Bonchev–Trinajstić information content (AvgIpc) is 2.29. The summed E-state index contributed by atoms with van der Waals surface area (Å²) in [5.41, 5.74) is 5.80. The molecule has 4 nitrogen and oxygen atoms in total. The molecule has 0 radical (unpaired) electrons. The average molecular weight is 260 g/mol. The molecule has 2 N–H and O–H groups in total. The van der Waals surface area contributed by atoms with Crippen LogP contribution in [0, 0.1) is 5.95 Å². The second kappa shape index (κ2) is 5.93. The predicted octanol–water partition coefficient (Wildman–Crippen LogP) is 1.21. The van der Waals surface area contributed by atoms with Gasteiger partial charge < -0.3 is 10.6 Å². The van der Waals surface area contributed by atoms with E-state index in [0.29, 0.717) is 13.1 Å². The standard InChI is InChI=1S/C11H14FN3O.ClH/c12-10-9(4-1-5-14-10)11(16)15-6-2-3-8(13)7-15;/h1,4-5,8H,2-3,6-7,13H2;1H. The number of rotatable bonds is 1. The SMILES string of the molecule is Cl.NC1CCCN(C(=O)c2cccnc2F)C1. The van der Waals surface area contributed by atoms with Crippen LogP contribution in [0.5, 0.6) is 0 Å². The number of amides is 1. The van der Waals surface area contributed by atoms with Crippen molar-refractivity contribution in [3.63, 3.8) is 0 Å². The fourth-order valence-electron chi connectivity index (χ4n) is 1.91. The number of pyridine rings is 1. The Hall–Kier alpha value is -1.20. The quantitative estimate of drug-likeness (QED) is 0.771. The van der Waals surface area contributed by atoms with Gasteiger partial charge in [0.05, 0.1) is 5.56 Å². The van der Waals surface area contributed by atoms with Crippen LogP contribution in [0.4, 0.5) is 4.39 Å². The van der Waals surface area contributed by atoms with Crippen LogP contribution in [0.15, 0.2) is 18.3 Å². The highest BCUT2D eigenvalue weighted by atomic mass is 35.5. The van der Waals surface area contributed by atoms with E-state index in [0.717, 1.165) is 12.8 Å². The van der Waals surface area contributed by atoms with Gasteiger partial charge >= 0.3 is 0 Å². The zero-order chi connectivity index (χ0) is 11.5. The van der Waals surface area contributed by atoms with Crippen LogP contribution >= 0.6 is 12.4 Å². The summed E-state index contributed by atoms with van der Waals surface area (Å²) in [5.74, 6) is -1.03. The van der Waals surface area contributed by atoms with Crippen molar-refractivity contribution in [1.29, 1.82) is 0 Å². The van der Waals surface area contributed by atoms with E-state index in [-0.39, 0.29) is 29.9 Å². The Balaban J connectivity index is 0.00000144. The molecular formula is C11H15ClFN3O. The fraction of sp³-hybridized carbons (Fsp3) is 0.455. The topological polar surface area (TPSA) is 59.2 Å². The van der Waals surface area contributed by atoms with E-state index in [1.165, 1.54) is 12.3 Å². The number of hydrogen-bond acceptors (Lipinski definition) is 3. The molecule has 6 heteroatoms. The molecule has 1 saturated heterocycles. The third-order valence-electron chi connectivity index (χ3n) is 2.73. The third kappa shape index (κ3) is 3.14. The lowest BCUT2D eigenvalue weighted by atomic mass is 10.1. The first-order valence-electron chi connectivity index (χ1n) is 5.34. The lowest BCUT2D eigenvalue weighted by Crippen LogP contribution is -2.45. The Labute approximate surface area is 105 Å². The van der Waals surface area contributed by atoms with Gasteiger partial charge in [-0.2, -0.15) is 4.39 Å². The highest BCUT2D eigenvalue weighted by Gasteiger charge is 2.24. The Morgan fingerprint density at radius 1 is 1.59 bits per heavy atom. The summed E-state index contributed by atoms with van der Waals surface area (Å²) in [5, 5.41) is 0. The molecule has 1 aliphatic rings. The zero-order valence-corrected chi connectivity index (χ0v) is 10.1. The minimum Gasteiger partial charge on any atom is -0.337 e. The van der Waals surface area contributed by atoms with Crippen LogP contribution in [0.1, 0.15) is 23.2 Å². The van der Waals surface area contributed by atoms with E-state index in [1.54, 1.807) is 11.0 Å². The summed E-state index contributed by atoms with van der Waals surface area (Å²) in [4.78, 5) is 17.0. The number of carbonyl (C=O) groups excluding carboxylic acids is 1. The molecule has 17 heavy (non-hydrogen) atoms. The lowest BCUT2D eigenvalue weighted by molar-refractivity contribution is 0.0703. The Bertz CT molecular complexity index is 402. The molecule has 1 amide bonds. The maximum absolute atomic E-state index is 13.3. The molecule has 1 unspecified atom stereocenters. The predicted molar refractivity (Wildman–Crippen MR) is 64.6 cm³/mol. The van der Waals surface area contributed by atoms with E-state index >= 15 is 0 Å². The first-order chi connectivity index (χ1) is 7.68. The summed E-state index contributed by atoms with van der Waals surface area (Å²) in [6.07, 6.45) is 3.11. The van der Waals surface area contributed by atoms with Crippen molar-refractivity contribution < 1.29 is 9.18 Å². The number of nitrogens with two attached hydrogens (primary N) is 1. The Morgan fingerprint density at radius 3 is 3.00 bits per heavy atom. The number of piperidine rings is 1. The van der Waals surface area contributed by atoms with Crippen molar-refractivity contribution in [3.05, 3.63) is 29.8 Å². The van der Waals surface area contributed by atoms with Gasteiger partial charge in [0.2, 0.25) is 5.95 Å². The molecule has 0 saturated carbocycles. The second-order valence-electron chi connectivity index (χ2n) is 4.00. The van der Waals surface area contributed by atoms with Gasteiger partial charge in [-0.3, -0.25) is 4.79 Å². The molecule has 2 heterocycles. The minimum atomic E-state index is -0.716. The van der Waals surface area contributed by atoms with Gasteiger partial charge in [0.25, 0.3) is 5.91 Å². The molecule has 0 aromatic carbocycles. The number of likely N-dealkylation sites (tertiary alicyclic amines) is 1. The maximum atomic E-state index is 13.3. The van der Waals surface area contributed by atoms with Gasteiger partial charge in [-0.05, 0) is 25.0 Å².